The Morgan fingerprint density at radius 2 is 1.96 bits per heavy atom. The number of aromatic nitrogens is 3. The van der Waals surface area contributed by atoms with Crippen LogP contribution in [0.4, 0.5) is 5.82 Å². The lowest BCUT2D eigenvalue weighted by atomic mass is 10.2. The van der Waals surface area contributed by atoms with Gasteiger partial charge >= 0.3 is 0 Å². The maximum absolute atomic E-state index is 5.97. The largest absolute Gasteiger partial charge is 0.450 e. The van der Waals surface area contributed by atoms with Crippen molar-refractivity contribution >= 4 is 40.3 Å². The molecule has 4 rings (SSSR count). The van der Waals surface area contributed by atoms with Crippen molar-refractivity contribution in [2.45, 2.75) is 19.9 Å². The van der Waals surface area contributed by atoms with E-state index in [4.69, 9.17) is 4.42 Å². The first-order valence-electron chi connectivity index (χ1n) is 7.66. The molecule has 0 aliphatic carbocycles. The number of anilines is 1. The van der Waals surface area contributed by atoms with Gasteiger partial charge in [-0.3, -0.25) is 4.98 Å². The zero-order chi connectivity index (χ0) is 15.6. The predicted molar refractivity (Wildman–Crippen MR) is 97.5 cm³/mol. The first-order valence-corrected chi connectivity index (χ1v) is 7.66. The molecule has 0 atom stereocenters. The first kappa shape index (κ1) is 16.2. The summed E-state index contributed by atoms with van der Waals surface area (Å²) in [5, 5.41) is 4.37. The molecular formula is C18H17ClN4O. The van der Waals surface area contributed by atoms with Gasteiger partial charge in [-0.1, -0.05) is 25.1 Å². The van der Waals surface area contributed by atoms with Gasteiger partial charge in [0, 0.05) is 30.7 Å². The second-order valence-electron chi connectivity index (χ2n) is 5.33. The van der Waals surface area contributed by atoms with Crippen LogP contribution < -0.4 is 5.32 Å². The van der Waals surface area contributed by atoms with E-state index in [0.717, 1.165) is 40.1 Å². The van der Waals surface area contributed by atoms with E-state index in [0.29, 0.717) is 12.1 Å². The van der Waals surface area contributed by atoms with Crippen LogP contribution in [0.5, 0.6) is 0 Å². The number of benzene rings is 1. The SMILES string of the molecule is CCc1nc(NCc2cccnc2)c2oc3ccccc3c2n1.Cl. The van der Waals surface area contributed by atoms with Crippen LogP contribution >= 0.6 is 12.4 Å². The summed E-state index contributed by atoms with van der Waals surface area (Å²) in [5.41, 5.74) is 3.48. The number of furan rings is 1. The van der Waals surface area contributed by atoms with Crippen molar-refractivity contribution in [1.82, 2.24) is 15.0 Å². The third-order valence-electron chi connectivity index (χ3n) is 3.77. The quantitative estimate of drug-likeness (QED) is 0.597. The van der Waals surface area contributed by atoms with Gasteiger partial charge in [-0.15, -0.1) is 12.4 Å². The molecule has 0 unspecified atom stereocenters. The van der Waals surface area contributed by atoms with Gasteiger partial charge in [-0.2, -0.15) is 0 Å². The number of nitrogens with zero attached hydrogens (tertiary/aromatic N) is 3. The molecule has 0 bridgehead atoms. The molecule has 0 saturated carbocycles. The summed E-state index contributed by atoms with van der Waals surface area (Å²) in [7, 11) is 0. The normalized spacial score (nSPS) is 10.7. The average Bonchev–Trinajstić information content (AvgIpc) is 2.99. The summed E-state index contributed by atoms with van der Waals surface area (Å²) in [6, 6.07) is 11.9. The highest BCUT2D eigenvalue weighted by atomic mass is 35.5. The van der Waals surface area contributed by atoms with E-state index in [2.05, 4.69) is 20.3 Å². The second kappa shape index (κ2) is 6.84. The van der Waals surface area contributed by atoms with Crippen molar-refractivity contribution in [3.05, 3.63) is 60.2 Å². The minimum absolute atomic E-state index is 0. The van der Waals surface area contributed by atoms with Crippen LogP contribution in [0, 0.1) is 0 Å². The van der Waals surface area contributed by atoms with Crippen LogP contribution in [0.1, 0.15) is 18.3 Å². The highest BCUT2D eigenvalue weighted by molar-refractivity contribution is 6.05. The van der Waals surface area contributed by atoms with E-state index in [-0.39, 0.29) is 12.4 Å². The molecule has 3 heterocycles. The highest BCUT2D eigenvalue weighted by Gasteiger charge is 2.14. The minimum Gasteiger partial charge on any atom is -0.450 e. The van der Waals surface area contributed by atoms with Crippen molar-refractivity contribution in [3.63, 3.8) is 0 Å². The minimum atomic E-state index is 0. The van der Waals surface area contributed by atoms with Gasteiger partial charge in [-0.25, -0.2) is 9.97 Å². The molecule has 0 radical (unpaired) electrons. The summed E-state index contributed by atoms with van der Waals surface area (Å²) in [5.74, 6) is 1.53. The zero-order valence-electron chi connectivity index (χ0n) is 13.2. The Labute approximate surface area is 145 Å². The van der Waals surface area contributed by atoms with Crippen LogP contribution in [0.3, 0.4) is 0 Å². The van der Waals surface area contributed by atoms with Crippen molar-refractivity contribution < 1.29 is 4.42 Å². The van der Waals surface area contributed by atoms with Gasteiger partial charge in [0.25, 0.3) is 0 Å². The number of rotatable bonds is 4. The molecule has 122 valence electrons. The summed E-state index contributed by atoms with van der Waals surface area (Å²) >= 11 is 0. The Morgan fingerprint density at radius 3 is 2.75 bits per heavy atom. The van der Waals surface area contributed by atoms with Crippen LogP contribution in [0.15, 0.2) is 53.2 Å². The van der Waals surface area contributed by atoms with E-state index in [9.17, 15) is 0 Å². The lowest BCUT2D eigenvalue weighted by Crippen LogP contribution is -2.04. The number of hydrogen-bond acceptors (Lipinski definition) is 5. The molecular weight excluding hydrogens is 324 g/mol. The van der Waals surface area contributed by atoms with E-state index >= 15 is 0 Å². The van der Waals surface area contributed by atoms with Crippen LogP contribution in [-0.2, 0) is 13.0 Å². The number of para-hydroxylation sites is 1. The third kappa shape index (κ3) is 2.90. The lowest BCUT2D eigenvalue weighted by molar-refractivity contribution is 0.665. The maximum Gasteiger partial charge on any atom is 0.196 e. The zero-order valence-corrected chi connectivity index (χ0v) is 14.0. The first-order chi connectivity index (χ1) is 11.3. The molecule has 0 aliphatic heterocycles. The van der Waals surface area contributed by atoms with Crippen LogP contribution in [-0.4, -0.2) is 15.0 Å². The maximum atomic E-state index is 5.97. The van der Waals surface area contributed by atoms with Gasteiger partial charge in [0.15, 0.2) is 11.4 Å². The van der Waals surface area contributed by atoms with E-state index in [1.54, 1.807) is 6.20 Å². The van der Waals surface area contributed by atoms with Crippen molar-refractivity contribution in [2.75, 3.05) is 5.32 Å². The van der Waals surface area contributed by atoms with E-state index < -0.39 is 0 Å². The molecule has 3 aromatic heterocycles. The van der Waals surface area contributed by atoms with Crippen LogP contribution in [0.2, 0.25) is 0 Å². The average molecular weight is 341 g/mol. The van der Waals surface area contributed by atoms with Gasteiger partial charge in [0.2, 0.25) is 0 Å². The summed E-state index contributed by atoms with van der Waals surface area (Å²) in [6.45, 7) is 2.69. The van der Waals surface area contributed by atoms with Gasteiger partial charge in [0.1, 0.15) is 16.9 Å². The Hall–Kier alpha value is -2.66. The monoisotopic (exact) mass is 340 g/mol. The second-order valence-corrected chi connectivity index (χ2v) is 5.33. The van der Waals surface area contributed by atoms with Crippen LogP contribution in [0.25, 0.3) is 22.1 Å². The molecule has 24 heavy (non-hydrogen) atoms. The molecule has 0 aliphatic rings. The molecule has 4 aromatic rings. The fourth-order valence-corrected chi connectivity index (χ4v) is 2.60. The fourth-order valence-electron chi connectivity index (χ4n) is 2.60. The number of halogens is 1. The molecule has 1 N–H and O–H groups in total. The topological polar surface area (TPSA) is 63.8 Å². The van der Waals surface area contributed by atoms with Gasteiger partial charge < -0.3 is 9.73 Å². The molecule has 5 nitrogen and oxygen atoms in total. The van der Waals surface area contributed by atoms with Gasteiger partial charge in [0.05, 0.1) is 0 Å². The molecule has 0 spiro atoms. The number of aryl methyl sites for hydroxylation is 1. The Kier molecular flexibility index (Phi) is 4.62. The molecule has 6 heteroatoms. The molecule has 0 fully saturated rings. The van der Waals surface area contributed by atoms with Crippen molar-refractivity contribution in [1.29, 1.82) is 0 Å². The van der Waals surface area contributed by atoms with E-state index in [1.165, 1.54) is 0 Å². The summed E-state index contributed by atoms with van der Waals surface area (Å²) in [6.07, 6.45) is 4.38. The standard InChI is InChI=1S/C18H16N4O.ClH/c1-2-15-21-16-13-7-3-4-8-14(13)23-17(16)18(22-15)20-11-12-6-5-9-19-10-12;/h3-10H,2,11H2,1H3,(H,20,21,22);1H. The molecule has 0 amide bonds. The number of hydrogen-bond donors (Lipinski definition) is 1. The Morgan fingerprint density at radius 1 is 1.08 bits per heavy atom. The lowest BCUT2D eigenvalue weighted by Gasteiger charge is -2.07. The number of fused-ring (bicyclic) bond motifs is 3. The van der Waals surface area contributed by atoms with Crippen molar-refractivity contribution in [3.8, 4) is 0 Å². The highest BCUT2D eigenvalue weighted by Crippen LogP contribution is 2.31. The smallest absolute Gasteiger partial charge is 0.196 e. The third-order valence-corrected chi connectivity index (χ3v) is 3.77. The van der Waals surface area contributed by atoms with E-state index in [1.807, 2.05) is 49.5 Å². The molecule has 1 aromatic carbocycles. The predicted octanol–water partition coefficient (Wildman–Crippen LogP) is 4.37. The summed E-state index contributed by atoms with van der Waals surface area (Å²) in [4.78, 5) is 13.4. The Bertz CT molecular complexity index is 969. The molecule has 0 saturated heterocycles. The Balaban J connectivity index is 0.00000169. The number of pyridine rings is 1. The number of nitrogens with one attached hydrogen (secondary N) is 1. The fraction of sp³-hybridized carbons (Fsp3) is 0.167. The van der Waals surface area contributed by atoms with Crippen molar-refractivity contribution in [2.24, 2.45) is 0 Å². The van der Waals surface area contributed by atoms with Gasteiger partial charge in [-0.05, 0) is 23.8 Å². The summed E-state index contributed by atoms with van der Waals surface area (Å²) < 4.78 is 5.97.